The Labute approximate surface area is 249 Å². The number of hydrogen-bond donors (Lipinski definition) is 1. The van der Waals surface area contributed by atoms with Crippen molar-refractivity contribution in [1.82, 2.24) is 14.9 Å². The summed E-state index contributed by atoms with van der Waals surface area (Å²) in [4.78, 5) is 38.3. The molecule has 3 aromatic carbocycles. The van der Waals surface area contributed by atoms with Gasteiger partial charge in [0.15, 0.2) is 5.16 Å². The van der Waals surface area contributed by atoms with Gasteiger partial charge in [0, 0.05) is 24.0 Å². The minimum atomic E-state index is -1.16. The van der Waals surface area contributed by atoms with E-state index in [0.717, 1.165) is 22.5 Å². The molecule has 0 aliphatic carbocycles. The van der Waals surface area contributed by atoms with E-state index in [-0.39, 0.29) is 18.2 Å². The lowest BCUT2D eigenvalue weighted by molar-refractivity contribution is -0.137. The van der Waals surface area contributed by atoms with Crippen LogP contribution in [0.2, 0.25) is 0 Å². The van der Waals surface area contributed by atoms with E-state index in [0.29, 0.717) is 27.9 Å². The normalized spacial score (nSPS) is 11.5. The number of anilines is 1. The van der Waals surface area contributed by atoms with Gasteiger partial charge in [-0.1, -0.05) is 53.7 Å². The highest BCUT2D eigenvalue weighted by Crippen LogP contribution is 2.32. The molecule has 4 rings (SSSR count). The summed E-state index contributed by atoms with van der Waals surface area (Å²) in [6, 6.07) is 19.1. The lowest BCUT2D eigenvalue weighted by Gasteiger charge is -2.32. The molecule has 2 amide bonds. The first kappa shape index (κ1) is 30.5. The molecule has 0 aliphatic heterocycles. The molecule has 0 fully saturated rings. The number of ether oxygens (including phenoxy) is 2. The van der Waals surface area contributed by atoms with E-state index >= 15 is 0 Å². The van der Waals surface area contributed by atoms with Crippen molar-refractivity contribution in [1.29, 1.82) is 0 Å². The standard InChI is InChI=1S/C32H33FN4O4S/c1-20-9-11-23(12-10-20)18-37(29(38)19-42-32-34-21(2)15-22(3)35-32)30(24-7-6-8-25(33)16-24)31(39)36-27-14-13-26(40-4)17-28(27)41-5/h6-17,30H,18-19H2,1-5H3,(H,36,39). The van der Waals surface area contributed by atoms with Gasteiger partial charge in [0.05, 0.1) is 25.7 Å². The number of nitrogens with one attached hydrogen (secondary N) is 1. The van der Waals surface area contributed by atoms with Crippen LogP contribution in [0, 0.1) is 26.6 Å². The van der Waals surface area contributed by atoms with Crippen LogP contribution in [0.15, 0.2) is 78.0 Å². The Morgan fingerprint density at radius 1 is 0.929 bits per heavy atom. The third kappa shape index (κ3) is 7.85. The van der Waals surface area contributed by atoms with Crippen LogP contribution in [0.25, 0.3) is 0 Å². The van der Waals surface area contributed by atoms with Crippen LogP contribution in [0.3, 0.4) is 0 Å². The van der Waals surface area contributed by atoms with E-state index in [4.69, 9.17) is 9.47 Å². The number of thioether (sulfide) groups is 1. The average molecular weight is 589 g/mol. The number of methoxy groups -OCH3 is 2. The molecule has 0 bridgehead atoms. The SMILES string of the molecule is COc1ccc(NC(=O)C(c2cccc(F)c2)N(Cc2ccc(C)cc2)C(=O)CSc2nc(C)cc(C)n2)c(OC)c1. The van der Waals surface area contributed by atoms with Gasteiger partial charge in [-0.2, -0.15) is 0 Å². The number of benzene rings is 3. The number of halogens is 1. The third-order valence-electron chi connectivity index (χ3n) is 6.47. The molecule has 218 valence electrons. The fraction of sp³-hybridized carbons (Fsp3) is 0.250. The molecule has 0 saturated heterocycles. The zero-order chi connectivity index (χ0) is 30.2. The Morgan fingerprint density at radius 3 is 2.29 bits per heavy atom. The maximum absolute atomic E-state index is 14.5. The molecule has 1 unspecified atom stereocenters. The number of aromatic nitrogens is 2. The highest BCUT2D eigenvalue weighted by molar-refractivity contribution is 7.99. The van der Waals surface area contributed by atoms with Gasteiger partial charge in [0.2, 0.25) is 5.91 Å². The van der Waals surface area contributed by atoms with Gasteiger partial charge >= 0.3 is 0 Å². The molecule has 1 N–H and O–H groups in total. The predicted molar refractivity (Wildman–Crippen MR) is 161 cm³/mol. The van der Waals surface area contributed by atoms with E-state index in [1.165, 1.54) is 49.1 Å². The molecule has 0 aliphatic rings. The maximum atomic E-state index is 14.5. The summed E-state index contributed by atoms with van der Waals surface area (Å²) in [5.74, 6) is -0.493. The lowest BCUT2D eigenvalue weighted by Crippen LogP contribution is -2.42. The fourth-order valence-corrected chi connectivity index (χ4v) is 5.27. The summed E-state index contributed by atoms with van der Waals surface area (Å²) in [5.41, 5.74) is 4.17. The molecule has 8 nitrogen and oxygen atoms in total. The van der Waals surface area contributed by atoms with Crippen molar-refractivity contribution in [3.63, 3.8) is 0 Å². The van der Waals surface area contributed by atoms with Crippen molar-refractivity contribution in [3.8, 4) is 11.5 Å². The molecular formula is C32H33FN4O4S. The Hall–Kier alpha value is -4.44. The van der Waals surface area contributed by atoms with E-state index in [2.05, 4.69) is 15.3 Å². The van der Waals surface area contributed by atoms with Crippen molar-refractivity contribution < 1.29 is 23.5 Å². The summed E-state index contributed by atoms with van der Waals surface area (Å²) >= 11 is 1.19. The van der Waals surface area contributed by atoms with Crippen LogP contribution in [0.4, 0.5) is 10.1 Å². The zero-order valence-electron chi connectivity index (χ0n) is 24.2. The molecule has 10 heteroatoms. The van der Waals surface area contributed by atoms with E-state index in [1.54, 1.807) is 24.3 Å². The number of carbonyl (C=O) groups excluding carboxylic acids is 2. The number of amides is 2. The van der Waals surface area contributed by atoms with E-state index in [1.807, 2.05) is 51.1 Å². The highest BCUT2D eigenvalue weighted by atomic mass is 32.2. The average Bonchev–Trinajstić information content (AvgIpc) is 2.96. The Bertz CT molecular complexity index is 1540. The largest absolute Gasteiger partial charge is 0.497 e. The Morgan fingerprint density at radius 2 is 1.64 bits per heavy atom. The lowest BCUT2D eigenvalue weighted by atomic mass is 10.0. The summed E-state index contributed by atoms with van der Waals surface area (Å²) in [6.07, 6.45) is 0. The van der Waals surface area contributed by atoms with Crippen LogP contribution in [-0.2, 0) is 16.1 Å². The third-order valence-corrected chi connectivity index (χ3v) is 7.30. The van der Waals surface area contributed by atoms with Gasteiger partial charge in [-0.25, -0.2) is 14.4 Å². The van der Waals surface area contributed by atoms with Crippen molar-refractivity contribution >= 4 is 29.3 Å². The Balaban J connectivity index is 1.73. The number of carbonyl (C=O) groups is 2. The van der Waals surface area contributed by atoms with Crippen LogP contribution in [0.5, 0.6) is 11.5 Å². The van der Waals surface area contributed by atoms with Gasteiger partial charge in [0.25, 0.3) is 5.91 Å². The summed E-state index contributed by atoms with van der Waals surface area (Å²) in [5, 5.41) is 3.35. The molecule has 1 atom stereocenters. The first-order valence-electron chi connectivity index (χ1n) is 13.2. The monoisotopic (exact) mass is 588 g/mol. The van der Waals surface area contributed by atoms with Crippen molar-refractivity contribution in [2.45, 2.75) is 38.5 Å². The van der Waals surface area contributed by atoms with Crippen LogP contribution >= 0.6 is 11.8 Å². The van der Waals surface area contributed by atoms with Crippen LogP contribution in [0.1, 0.15) is 34.1 Å². The number of aryl methyl sites for hydroxylation is 3. The second kappa shape index (κ2) is 14.0. The van der Waals surface area contributed by atoms with Crippen LogP contribution < -0.4 is 14.8 Å². The number of hydrogen-bond acceptors (Lipinski definition) is 7. The summed E-state index contributed by atoms with van der Waals surface area (Å²) < 4.78 is 25.2. The molecule has 0 radical (unpaired) electrons. The summed E-state index contributed by atoms with van der Waals surface area (Å²) in [7, 11) is 3.01. The van der Waals surface area contributed by atoms with Gasteiger partial charge < -0.3 is 19.7 Å². The van der Waals surface area contributed by atoms with Crippen molar-refractivity contribution in [3.05, 3.63) is 107 Å². The topological polar surface area (TPSA) is 93.7 Å². The van der Waals surface area contributed by atoms with Crippen molar-refractivity contribution in [2.24, 2.45) is 0 Å². The molecule has 42 heavy (non-hydrogen) atoms. The Kier molecular flexibility index (Phi) is 10.1. The summed E-state index contributed by atoms with van der Waals surface area (Å²) in [6.45, 7) is 5.81. The molecule has 1 heterocycles. The minimum absolute atomic E-state index is 0.0281. The highest BCUT2D eigenvalue weighted by Gasteiger charge is 2.32. The molecular weight excluding hydrogens is 555 g/mol. The van der Waals surface area contributed by atoms with Crippen molar-refractivity contribution in [2.75, 3.05) is 25.3 Å². The van der Waals surface area contributed by atoms with Gasteiger partial charge in [-0.15, -0.1) is 0 Å². The second-order valence-corrected chi connectivity index (χ2v) is 10.7. The first-order valence-corrected chi connectivity index (χ1v) is 14.2. The smallest absolute Gasteiger partial charge is 0.251 e. The molecule has 4 aromatic rings. The molecule has 1 aromatic heterocycles. The first-order chi connectivity index (χ1) is 20.2. The zero-order valence-corrected chi connectivity index (χ0v) is 25.0. The van der Waals surface area contributed by atoms with Gasteiger partial charge in [-0.05, 0) is 62.2 Å². The van der Waals surface area contributed by atoms with Gasteiger partial charge in [0.1, 0.15) is 23.4 Å². The molecule has 0 saturated carbocycles. The predicted octanol–water partition coefficient (Wildman–Crippen LogP) is 6.06. The second-order valence-electron chi connectivity index (χ2n) is 9.74. The quantitative estimate of drug-likeness (QED) is 0.168. The number of rotatable bonds is 11. The fourth-order valence-electron chi connectivity index (χ4n) is 4.43. The minimum Gasteiger partial charge on any atom is -0.497 e. The van der Waals surface area contributed by atoms with E-state index in [9.17, 15) is 14.0 Å². The maximum Gasteiger partial charge on any atom is 0.251 e. The van der Waals surface area contributed by atoms with Gasteiger partial charge in [-0.3, -0.25) is 9.59 Å². The van der Waals surface area contributed by atoms with Crippen LogP contribution in [-0.4, -0.2) is 46.7 Å². The molecule has 0 spiro atoms. The number of nitrogens with zero attached hydrogens (tertiary/aromatic N) is 3. The van der Waals surface area contributed by atoms with E-state index < -0.39 is 17.8 Å².